The van der Waals surface area contributed by atoms with Gasteiger partial charge in [-0.2, -0.15) is 21.0 Å². The van der Waals surface area contributed by atoms with Crippen molar-refractivity contribution in [1.82, 2.24) is 9.80 Å². The molecule has 5 aliphatic carbocycles. The lowest BCUT2D eigenvalue weighted by Crippen LogP contribution is -2.59. The Kier molecular flexibility index (Phi) is 7.32. The summed E-state index contributed by atoms with van der Waals surface area (Å²) in [6.07, 6.45) is 18.4. The van der Waals surface area contributed by atoms with Crippen LogP contribution in [0.3, 0.4) is 0 Å². The first-order valence-electron chi connectivity index (χ1n) is 16.8. The summed E-state index contributed by atoms with van der Waals surface area (Å²) in [7, 11) is 0. The van der Waals surface area contributed by atoms with Crippen molar-refractivity contribution in [2.45, 2.75) is 139 Å². The SMILES string of the molecule is N#CC1CCCC(C#N)C1N1C2CCCCC2C2C1CCC1C3CCCCC3N(C3C(C#N)CCCC3C#N)C12. The molecular weight excluding hydrogens is 492 g/mol. The number of nitriles is 4. The van der Waals surface area contributed by atoms with Gasteiger partial charge in [0.25, 0.3) is 0 Å². The molecule has 0 spiro atoms. The molecule has 0 aromatic heterocycles. The van der Waals surface area contributed by atoms with Gasteiger partial charge in [0, 0.05) is 36.3 Å². The summed E-state index contributed by atoms with van der Waals surface area (Å²) in [6, 6.07) is 12.9. The molecule has 2 aliphatic heterocycles. The number of hydrogen-bond donors (Lipinski definition) is 0. The van der Waals surface area contributed by atoms with E-state index in [1.54, 1.807) is 0 Å². The van der Waals surface area contributed by atoms with Gasteiger partial charge in [0.05, 0.1) is 47.9 Å². The maximum Gasteiger partial charge on any atom is 0.0672 e. The van der Waals surface area contributed by atoms with Crippen molar-refractivity contribution in [2.75, 3.05) is 0 Å². The molecule has 7 fully saturated rings. The van der Waals surface area contributed by atoms with Gasteiger partial charge in [0.15, 0.2) is 0 Å². The summed E-state index contributed by atoms with van der Waals surface area (Å²) in [5, 5.41) is 41.3. The van der Waals surface area contributed by atoms with E-state index in [9.17, 15) is 21.0 Å². The zero-order valence-corrected chi connectivity index (χ0v) is 24.1. The van der Waals surface area contributed by atoms with E-state index in [1.807, 2.05) is 0 Å². The van der Waals surface area contributed by atoms with Gasteiger partial charge in [-0.05, 0) is 87.9 Å². The highest BCUT2D eigenvalue weighted by Crippen LogP contribution is 2.61. The van der Waals surface area contributed by atoms with E-state index in [0.29, 0.717) is 47.8 Å². The lowest BCUT2D eigenvalue weighted by atomic mass is 9.64. The average molecular weight is 539 g/mol. The van der Waals surface area contributed by atoms with E-state index in [1.165, 1.54) is 64.2 Å². The zero-order chi connectivity index (χ0) is 27.4. The minimum absolute atomic E-state index is 0.0379. The summed E-state index contributed by atoms with van der Waals surface area (Å²) >= 11 is 0. The van der Waals surface area contributed by atoms with Crippen LogP contribution in [0.15, 0.2) is 0 Å². The Labute approximate surface area is 241 Å². The van der Waals surface area contributed by atoms with Crippen LogP contribution in [0.5, 0.6) is 0 Å². The molecule has 0 N–H and O–H groups in total. The van der Waals surface area contributed by atoms with Gasteiger partial charge in [0.1, 0.15) is 0 Å². The molecule has 7 rings (SSSR count). The van der Waals surface area contributed by atoms with Crippen molar-refractivity contribution < 1.29 is 0 Å². The molecule has 7 aliphatic rings. The second-order valence-corrected chi connectivity index (χ2v) is 14.6. The van der Waals surface area contributed by atoms with Gasteiger partial charge in [-0.3, -0.25) is 9.80 Å². The summed E-state index contributed by atoms with van der Waals surface area (Å²) in [5.74, 6) is 2.42. The van der Waals surface area contributed by atoms with Gasteiger partial charge in [-0.1, -0.05) is 38.5 Å². The Balaban J connectivity index is 1.32. The van der Waals surface area contributed by atoms with Gasteiger partial charge in [-0.25, -0.2) is 0 Å². The van der Waals surface area contributed by atoms with E-state index >= 15 is 0 Å². The highest BCUT2D eigenvalue weighted by Gasteiger charge is 2.65. The van der Waals surface area contributed by atoms with E-state index in [0.717, 1.165) is 38.5 Å². The molecule has 0 aromatic rings. The van der Waals surface area contributed by atoms with Crippen LogP contribution in [0.25, 0.3) is 0 Å². The van der Waals surface area contributed by atoms with Crippen LogP contribution in [0.1, 0.15) is 103 Å². The molecule has 12 unspecified atom stereocenters. The predicted molar refractivity (Wildman–Crippen MR) is 151 cm³/mol. The number of rotatable bonds is 2. The largest absolute Gasteiger partial charge is 0.291 e. The monoisotopic (exact) mass is 538 g/mol. The molecule has 5 saturated carbocycles. The molecule has 0 radical (unpaired) electrons. The normalized spacial score (nSPS) is 50.6. The molecule has 2 heterocycles. The minimum Gasteiger partial charge on any atom is -0.291 e. The Morgan fingerprint density at radius 2 is 0.850 bits per heavy atom. The Bertz CT molecular complexity index is 1080. The van der Waals surface area contributed by atoms with Crippen molar-refractivity contribution in [2.24, 2.45) is 47.3 Å². The van der Waals surface area contributed by atoms with Crippen molar-refractivity contribution >= 4 is 0 Å². The molecule has 6 heteroatoms. The highest BCUT2D eigenvalue weighted by molar-refractivity contribution is 5.21. The van der Waals surface area contributed by atoms with Gasteiger partial charge < -0.3 is 0 Å². The van der Waals surface area contributed by atoms with Gasteiger partial charge in [0.2, 0.25) is 0 Å². The van der Waals surface area contributed by atoms with E-state index in [2.05, 4.69) is 34.1 Å². The second kappa shape index (κ2) is 10.9. The van der Waals surface area contributed by atoms with Crippen molar-refractivity contribution in [3.63, 3.8) is 0 Å². The van der Waals surface area contributed by atoms with E-state index in [4.69, 9.17) is 0 Å². The summed E-state index contributed by atoms with van der Waals surface area (Å²) in [6.45, 7) is 0. The summed E-state index contributed by atoms with van der Waals surface area (Å²) in [5.41, 5.74) is 0. The molecule has 0 aromatic carbocycles. The molecular formula is C34H46N6. The first-order valence-corrected chi connectivity index (χ1v) is 16.8. The number of nitrogens with zero attached hydrogens (tertiary/aromatic N) is 6. The standard InChI is InChI=1S/C34H46N6/c35-17-21-7-5-8-22(18-36)32(21)39-29-14-4-2-12-27(29)31-30(39)16-15-26-25-11-1-3-13-28(25)40(34(26)31)33-23(19-37)9-6-10-24(33)20-38/h21-34H,1-16H2. The Morgan fingerprint density at radius 3 is 1.40 bits per heavy atom. The van der Waals surface area contributed by atoms with Crippen molar-refractivity contribution in [1.29, 1.82) is 21.0 Å². The van der Waals surface area contributed by atoms with Gasteiger partial charge >= 0.3 is 0 Å². The fourth-order valence-corrected chi connectivity index (χ4v) is 12.1. The molecule has 0 bridgehead atoms. The summed E-state index contributed by atoms with van der Waals surface area (Å²) in [4.78, 5) is 5.70. The topological polar surface area (TPSA) is 102 Å². The van der Waals surface area contributed by atoms with E-state index < -0.39 is 0 Å². The summed E-state index contributed by atoms with van der Waals surface area (Å²) < 4.78 is 0. The predicted octanol–water partition coefficient (Wildman–Crippen LogP) is 6.16. The molecule has 12 atom stereocenters. The number of hydrogen-bond acceptors (Lipinski definition) is 6. The van der Waals surface area contributed by atoms with E-state index in [-0.39, 0.29) is 35.8 Å². The van der Waals surface area contributed by atoms with Gasteiger partial charge in [-0.15, -0.1) is 0 Å². The first kappa shape index (κ1) is 26.8. The minimum atomic E-state index is -0.0380. The van der Waals surface area contributed by atoms with Crippen LogP contribution in [0.4, 0.5) is 0 Å². The first-order chi connectivity index (χ1) is 19.7. The second-order valence-electron chi connectivity index (χ2n) is 14.6. The quantitative estimate of drug-likeness (QED) is 0.417. The molecule has 6 nitrogen and oxygen atoms in total. The van der Waals surface area contributed by atoms with Crippen LogP contribution in [0.2, 0.25) is 0 Å². The van der Waals surface area contributed by atoms with Crippen LogP contribution in [0, 0.1) is 92.7 Å². The molecule has 212 valence electrons. The van der Waals surface area contributed by atoms with Crippen LogP contribution < -0.4 is 0 Å². The van der Waals surface area contributed by atoms with Crippen molar-refractivity contribution in [3.05, 3.63) is 0 Å². The number of fused-ring (bicyclic) bond motifs is 7. The average Bonchev–Trinajstić information content (AvgIpc) is 3.52. The molecule has 40 heavy (non-hydrogen) atoms. The fourth-order valence-electron chi connectivity index (χ4n) is 12.1. The lowest BCUT2D eigenvalue weighted by molar-refractivity contribution is -0.0222. The Morgan fingerprint density at radius 1 is 0.375 bits per heavy atom. The molecule has 0 amide bonds. The van der Waals surface area contributed by atoms with Crippen LogP contribution in [-0.4, -0.2) is 46.1 Å². The highest BCUT2D eigenvalue weighted by atomic mass is 15.3. The van der Waals surface area contributed by atoms with Crippen molar-refractivity contribution in [3.8, 4) is 24.3 Å². The lowest BCUT2D eigenvalue weighted by Gasteiger charge is -2.51. The third-order valence-corrected chi connectivity index (χ3v) is 13.2. The Hall–Kier alpha value is -2.12. The van der Waals surface area contributed by atoms with Crippen LogP contribution in [-0.2, 0) is 0 Å². The third kappa shape index (κ3) is 3.97. The third-order valence-electron chi connectivity index (χ3n) is 13.2. The van der Waals surface area contributed by atoms with Crippen LogP contribution >= 0.6 is 0 Å². The maximum atomic E-state index is 10.4. The number of likely N-dealkylation sites (tertiary alicyclic amines) is 2. The maximum absolute atomic E-state index is 10.4. The smallest absolute Gasteiger partial charge is 0.0672 e. The molecule has 2 saturated heterocycles. The fraction of sp³-hybridized carbons (Fsp3) is 0.882. The zero-order valence-electron chi connectivity index (χ0n) is 24.1.